The second kappa shape index (κ2) is 7.03. The summed E-state index contributed by atoms with van der Waals surface area (Å²) in [5.41, 5.74) is 1.98. The molecule has 2 aromatic carbocycles. The predicted octanol–water partition coefficient (Wildman–Crippen LogP) is 2.95. The van der Waals surface area contributed by atoms with Crippen molar-refractivity contribution in [3.63, 3.8) is 0 Å². The van der Waals surface area contributed by atoms with Crippen LogP contribution in [-0.2, 0) is 11.3 Å². The lowest BCUT2D eigenvalue weighted by Crippen LogP contribution is -2.33. The standard InChI is InChI=1S/C18H17ClN2O4/c1-24-15-8-16(25-2)14(7-13(15)19)20-17(22)10-21-9-11-5-3-4-6-12(11)18(21)23/h3-8H,9-10H2,1-2H3,(H,20,22). The highest BCUT2D eigenvalue weighted by molar-refractivity contribution is 6.32. The van der Waals surface area contributed by atoms with Crippen molar-refractivity contribution in [3.05, 3.63) is 52.5 Å². The molecule has 0 aromatic heterocycles. The van der Waals surface area contributed by atoms with E-state index in [9.17, 15) is 9.59 Å². The van der Waals surface area contributed by atoms with Crippen molar-refractivity contribution < 1.29 is 19.1 Å². The molecular formula is C18H17ClN2O4. The molecule has 0 radical (unpaired) electrons. The first kappa shape index (κ1) is 17.1. The van der Waals surface area contributed by atoms with Crippen molar-refractivity contribution in [2.45, 2.75) is 6.54 Å². The molecule has 1 heterocycles. The van der Waals surface area contributed by atoms with E-state index in [1.165, 1.54) is 19.1 Å². The van der Waals surface area contributed by atoms with Crippen LogP contribution in [0.3, 0.4) is 0 Å². The lowest BCUT2D eigenvalue weighted by Gasteiger charge is -2.17. The number of nitrogens with one attached hydrogen (secondary N) is 1. The molecule has 130 valence electrons. The summed E-state index contributed by atoms with van der Waals surface area (Å²) in [4.78, 5) is 26.2. The van der Waals surface area contributed by atoms with E-state index in [4.69, 9.17) is 21.1 Å². The van der Waals surface area contributed by atoms with Gasteiger partial charge >= 0.3 is 0 Å². The van der Waals surface area contributed by atoms with Gasteiger partial charge in [0.25, 0.3) is 5.91 Å². The van der Waals surface area contributed by atoms with Gasteiger partial charge in [-0.1, -0.05) is 29.8 Å². The van der Waals surface area contributed by atoms with Crippen LogP contribution in [0, 0.1) is 0 Å². The van der Waals surface area contributed by atoms with Gasteiger partial charge in [0.15, 0.2) is 0 Å². The van der Waals surface area contributed by atoms with E-state index in [2.05, 4.69) is 5.32 Å². The van der Waals surface area contributed by atoms with Crippen LogP contribution in [0.4, 0.5) is 5.69 Å². The Morgan fingerprint density at radius 2 is 1.92 bits per heavy atom. The van der Waals surface area contributed by atoms with Gasteiger partial charge in [0.05, 0.1) is 24.9 Å². The van der Waals surface area contributed by atoms with Crippen molar-refractivity contribution in [1.82, 2.24) is 4.90 Å². The summed E-state index contributed by atoms with van der Waals surface area (Å²) < 4.78 is 10.4. The van der Waals surface area contributed by atoms with Crippen LogP contribution in [0.2, 0.25) is 5.02 Å². The predicted molar refractivity (Wildman–Crippen MR) is 94.4 cm³/mol. The smallest absolute Gasteiger partial charge is 0.254 e. The lowest BCUT2D eigenvalue weighted by atomic mass is 10.1. The zero-order valence-corrected chi connectivity index (χ0v) is 14.6. The Morgan fingerprint density at radius 3 is 2.60 bits per heavy atom. The number of carbonyl (C=O) groups is 2. The van der Waals surface area contributed by atoms with Crippen molar-refractivity contribution in [3.8, 4) is 11.5 Å². The Kier molecular flexibility index (Phi) is 4.81. The Morgan fingerprint density at radius 1 is 1.20 bits per heavy atom. The maximum absolute atomic E-state index is 12.4. The number of amides is 2. The fraction of sp³-hybridized carbons (Fsp3) is 0.222. The monoisotopic (exact) mass is 360 g/mol. The Balaban J connectivity index is 1.72. The van der Waals surface area contributed by atoms with Gasteiger partial charge in [-0.2, -0.15) is 0 Å². The number of fused-ring (bicyclic) bond motifs is 1. The van der Waals surface area contributed by atoms with Gasteiger partial charge in [-0.25, -0.2) is 0 Å². The molecular weight excluding hydrogens is 344 g/mol. The van der Waals surface area contributed by atoms with E-state index in [0.29, 0.717) is 34.3 Å². The van der Waals surface area contributed by atoms with Gasteiger partial charge in [0.2, 0.25) is 5.91 Å². The van der Waals surface area contributed by atoms with Crippen molar-refractivity contribution in [2.75, 3.05) is 26.1 Å². The molecule has 1 N–H and O–H groups in total. The number of rotatable bonds is 5. The highest BCUT2D eigenvalue weighted by Gasteiger charge is 2.28. The Hall–Kier alpha value is -2.73. The molecule has 0 saturated carbocycles. The van der Waals surface area contributed by atoms with Gasteiger partial charge in [0, 0.05) is 18.2 Å². The lowest BCUT2D eigenvalue weighted by molar-refractivity contribution is -0.116. The summed E-state index contributed by atoms with van der Waals surface area (Å²) in [6, 6.07) is 10.5. The molecule has 0 bridgehead atoms. The van der Waals surface area contributed by atoms with Crippen molar-refractivity contribution in [2.24, 2.45) is 0 Å². The SMILES string of the molecule is COc1cc(OC)c(NC(=O)CN2Cc3ccccc3C2=O)cc1Cl. The van der Waals surface area contributed by atoms with Crippen LogP contribution in [0.5, 0.6) is 11.5 Å². The Labute approximate surface area is 150 Å². The second-order valence-corrected chi connectivity index (χ2v) is 5.96. The molecule has 6 nitrogen and oxygen atoms in total. The van der Waals surface area contributed by atoms with E-state index >= 15 is 0 Å². The van der Waals surface area contributed by atoms with E-state index < -0.39 is 0 Å². The summed E-state index contributed by atoms with van der Waals surface area (Å²) in [6.45, 7) is 0.364. The van der Waals surface area contributed by atoms with Crippen LogP contribution in [0.25, 0.3) is 0 Å². The number of hydrogen-bond donors (Lipinski definition) is 1. The number of anilines is 1. The summed E-state index contributed by atoms with van der Waals surface area (Å²) in [6.07, 6.45) is 0. The number of carbonyl (C=O) groups excluding carboxylic acids is 2. The number of ether oxygens (including phenoxy) is 2. The molecule has 0 fully saturated rings. The molecule has 1 aliphatic rings. The van der Waals surface area contributed by atoms with Gasteiger partial charge in [0.1, 0.15) is 18.0 Å². The quantitative estimate of drug-likeness (QED) is 0.890. The Bertz CT molecular complexity index is 838. The number of methoxy groups -OCH3 is 2. The summed E-state index contributed by atoms with van der Waals surface area (Å²) >= 11 is 6.10. The maximum atomic E-state index is 12.4. The molecule has 2 aromatic rings. The van der Waals surface area contributed by atoms with E-state index in [0.717, 1.165) is 5.56 Å². The third kappa shape index (κ3) is 3.39. The molecule has 0 unspecified atom stereocenters. The first-order chi connectivity index (χ1) is 12.0. The van der Waals surface area contributed by atoms with Crippen LogP contribution >= 0.6 is 11.6 Å². The van der Waals surface area contributed by atoms with Gasteiger partial charge in [-0.15, -0.1) is 0 Å². The molecule has 7 heteroatoms. The minimum atomic E-state index is -0.333. The number of nitrogens with zero attached hydrogens (tertiary/aromatic N) is 1. The molecule has 0 saturated heterocycles. The van der Waals surface area contributed by atoms with Crippen LogP contribution in [-0.4, -0.2) is 37.5 Å². The van der Waals surface area contributed by atoms with Crippen molar-refractivity contribution >= 4 is 29.1 Å². The number of benzene rings is 2. The first-order valence-electron chi connectivity index (χ1n) is 7.62. The highest BCUT2D eigenvalue weighted by atomic mass is 35.5. The maximum Gasteiger partial charge on any atom is 0.254 e. The van der Waals surface area contributed by atoms with Crippen molar-refractivity contribution in [1.29, 1.82) is 0 Å². The number of halogens is 1. The van der Waals surface area contributed by atoms with Crippen LogP contribution in [0.15, 0.2) is 36.4 Å². The third-order valence-corrected chi connectivity index (χ3v) is 4.27. The van der Waals surface area contributed by atoms with E-state index in [1.807, 2.05) is 18.2 Å². The topological polar surface area (TPSA) is 67.9 Å². The van der Waals surface area contributed by atoms with Gasteiger partial charge in [-0.3, -0.25) is 9.59 Å². The average Bonchev–Trinajstić information content (AvgIpc) is 2.91. The molecule has 0 atom stereocenters. The summed E-state index contributed by atoms with van der Waals surface area (Å²) in [5, 5.41) is 3.08. The normalized spacial score (nSPS) is 12.8. The average molecular weight is 361 g/mol. The zero-order valence-electron chi connectivity index (χ0n) is 13.8. The molecule has 0 spiro atoms. The second-order valence-electron chi connectivity index (χ2n) is 5.55. The number of hydrogen-bond acceptors (Lipinski definition) is 4. The van der Waals surface area contributed by atoms with Crippen LogP contribution < -0.4 is 14.8 Å². The fourth-order valence-corrected chi connectivity index (χ4v) is 3.00. The largest absolute Gasteiger partial charge is 0.495 e. The minimum absolute atomic E-state index is 0.0552. The fourth-order valence-electron chi connectivity index (χ4n) is 2.76. The molecule has 3 rings (SSSR count). The first-order valence-corrected chi connectivity index (χ1v) is 8.00. The molecule has 25 heavy (non-hydrogen) atoms. The highest BCUT2D eigenvalue weighted by Crippen LogP contribution is 2.36. The van der Waals surface area contributed by atoms with Crippen LogP contribution in [0.1, 0.15) is 15.9 Å². The van der Waals surface area contributed by atoms with Gasteiger partial charge in [-0.05, 0) is 17.7 Å². The summed E-state index contributed by atoms with van der Waals surface area (Å²) in [5.74, 6) is 0.387. The minimum Gasteiger partial charge on any atom is -0.495 e. The third-order valence-electron chi connectivity index (χ3n) is 3.98. The molecule has 2 amide bonds. The van der Waals surface area contributed by atoms with Gasteiger partial charge < -0.3 is 19.7 Å². The van der Waals surface area contributed by atoms with E-state index in [1.54, 1.807) is 18.2 Å². The molecule has 0 aliphatic carbocycles. The van der Waals surface area contributed by atoms with E-state index in [-0.39, 0.29) is 18.4 Å². The summed E-state index contributed by atoms with van der Waals surface area (Å²) in [7, 11) is 2.98. The molecule has 1 aliphatic heterocycles. The zero-order chi connectivity index (χ0) is 18.0.